The fraction of sp³-hybridized carbons (Fsp3) is 0.111. The fourth-order valence-corrected chi connectivity index (χ4v) is 3.18. The molecule has 0 atom stereocenters. The molecular weight excluding hydrogens is 427 g/mol. The number of nitrogens with one attached hydrogen (secondary N) is 1. The summed E-state index contributed by atoms with van der Waals surface area (Å²) in [5.74, 6) is 0.894. The van der Waals surface area contributed by atoms with E-state index in [1.165, 1.54) is 0 Å². The van der Waals surface area contributed by atoms with Crippen LogP contribution in [0.2, 0.25) is 10.0 Å². The zero-order chi connectivity index (χ0) is 17.8. The van der Waals surface area contributed by atoms with Gasteiger partial charge in [0.1, 0.15) is 0 Å². The van der Waals surface area contributed by atoms with Crippen LogP contribution in [0.25, 0.3) is 11.3 Å². The van der Waals surface area contributed by atoms with E-state index < -0.39 is 0 Å². The van der Waals surface area contributed by atoms with Crippen molar-refractivity contribution < 1.29 is 9.21 Å². The van der Waals surface area contributed by atoms with Gasteiger partial charge in [-0.2, -0.15) is 0 Å². The number of nitrogens with zero attached hydrogens (tertiary/aromatic N) is 1. The SMILES string of the molecule is O=C(CCc1ncc(-c2ccccc2Cl)o1)Nc1ccc(Br)cc1Cl. The third kappa shape index (κ3) is 4.63. The fourth-order valence-electron chi connectivity index (χ4n) is 2.24. The zero-order valence-corrected chi connectivity index (χ0v) is 16.0. The van der Waals surface area contributed by atoms with Crippen LogP contribution in [-0.4, -0.2) is 10.9 Å². The van der Waals surface area contributed by atoms with Gasteiger partial charge in [0.25, 0.3) is 0 Å². The Labute approximate surface area is 163 Å². The molecule has 0 unspecified atom stereocenters. The van der Waals surface area contributed by atoms with E-state index >= 15 is 0 Å². The van der Waals surface area contributed by atoms with Crippen molar-refractivity contribution in [3.05, 3.63) is 69.1 Å². The topological polar surface area (TPSA) is 55.1 Å². The number of aryl methyl sites for hydroxylation is 1. The molecule has 4 nitrogen and oxygen atoms in total. The molecule has 7 heteroatoms. The Balaban J connectivity index is 1.60. The first-order chi connectivity index (χ1) is 12.0. The smallest absolute Gasteiger partial charge is 0.224 e. The molecule has 0 aliphatic carbocycles. The number of oxazole rings is 1. The van der Waals surface area contributed by atoms with Crippen LogP contribution < -0.4 is 5.32 Å². The van der Waals surface area contributed by atoms with Crippen LogP contribution in [0.5, 0.6) is 0 Å². The van der Waals surface area contributed by atoms with Crippen molar-refractivity contribution in [1.82, 2.24) is 4.98 Å². The van der Waals surface area contributed by atoms with Crippen molar-refractivity contribution in [3.63, 3.8) is 0 Å². The Kier molecular flexibility index (Phi) is 5.78. The summed E-state index contributed by atoms with van der Waals surface area (Å²) in [7, 11) is 0. The molecule has 3 aromatic rings. The molecule has 2 aromatic carbocycles. The van der Waals surface area contributed by atoms with E-state index in [1.54, 1.807) is 24.4 Å². The molecule has 3 rings (SSSR count). The van der Waals surface area contributed by atoms with Crippen molar-refractivity contribution in [2.75, 3.05) is 5.32 Å². The molecule has 0 bridgehead atoms. The molecule has 1 amide bonds. The van der Waals surface area contributed by atoms with Gasteiger partial charge in [-0.25, -0.2) is 4.98 Å². The second-order valence-electron chi connectivity index (χ2n) is 5.27. The number of benzene rings is 2. The maximum Gasteiger partial charge on any atom is 0.224 e. The van der Waals surface area contributed by atoms with Crippen molar-refractivity contribution in [3.8, 4) is 11.3 Å². The van der Waals surface area contributed by atoms with E-state index in [2.05, 4.69) is 26.2 Å². The van der Waals surface area contributed by atoms with E-state index in [0.29, 0.717) is 33.8 Å². The minimum Gasteiger partial charge on any atom is -0.441 e. The number of carbonyl (C=O) groups is 1. The van der Waals surface area contributed by atoms with Crippen molar-refractivity contribution in [2.45, 2.75) is 12.8 Å². The second kappa shape index (κ2) is 8.04. The minimum atomic E-state index is -0.165. The number of hydrogen-bond donors (Lipinski definition) is 1. The summed E-state index contributed by atoms with van der Waals surface area (Å²) in [5, 5.41) is 3.84. The van der Waals surface area contributed by atoms with Crippen LogP contribution in [0.1, 0.15) is 12.3 Å². The molecule has 0 aliphatic rings. The number of anilines is 1. The highest BCUT2D eigenvalue weighted by atomic mass is 79.9. The van der Waals surface area contributed by atoms with E-state index in [-0.39, 0.29) is 12.3 Å². The molecule has 25 heavy (non-hydrogen) atoms. The maximum atomic E-state index is 12.1. The first-order valence-electron chi connectivity index (χ1n) is 7.47. The Hall–Kier alpha value is -1.82. The van der Waals surface area contributed by atoms with E-state index in [9.17, 15) is 4.79 Å². The minimum absolute atomic E-state index is 0.165. The van der Waals surface area contributed by atoms with Crippen LogP contribution in [-0.2, 0) is 11.2 Å². The molecule has 0 radical (unpaired) electrons. The summed E-state index contributed by atoms with van der Waals surface area (Å²) in [6.45, 7) is 0. The maximum absolute atomic E-state index is 12.1. The van der Waals surface area contributed by atoms with Crippen LogP contribution in [0.3, 0.4) is 0 Å². The lowest BCUT2D eigenvalue weighted by molar-refractivity contribution is -0.116. The average molecular weight is 440 g/mol. The van der Waals surface area contributed by atoms with Gasteiger partial charge in [0.05, 0.1) is 21.9 Å². The number of carbonyl (C=O) groups excluding carboxylic acids is 1. The Morgan fingerprint density at radius 3 is 2.72 bits per heavy atom. The van der Waals surface area contributed by atoms with Gasteiger partial charge < -0.3 is 9.73 Å². The molecule has 0 fully saturated rings. The van der Waals surface area contributed by atoms with Gasteiger partial charge in [-0.15, -0.1) is 0 Å². The predicted molar refractivity (Wildman–Crippen MR) is 103 cm³/mol. The number of rotatable bonds is 5. The highest BCUT2D eigenvalue weighted by Crippen LogP contribution is 2.28. The summed E-state index contributed by atoms with van der Waals surface area (Å²) in [4.78, 5) is 16.3. The van der Waals surface area contributed by atoms with Gasteiger partial charge in [0.15, 0.2) is 11.7 Å². The number of aromatic nitrogens is 1. The first kappa shape index (κ1) is 18.0. The molecule has 0 saturated carbocycles. The Morgan fingerprint density at radius 2 is 1.96 bits per heavy atom. The molecule has 128 valence electrons. The van der Waals surface area contributed by atoms with Crippen LogP contribution in [0, 0.1) is 0 Å². The number of amides is 1. The summed E-state index contributed by atoms with van der Waals surface area (Å²) in [6, 6.07) is 12.6. The lowest BCUT2D eigenvalue weighted by Crippen LogP contribution is -2.12. The van der Waals surface area contributed by atoms with Crippen molar-refractivity contribution >= 4 is 50.7 Å². The van der Waals surface area contributed by atoms with Gasteiger partial charge in [-0.05, 0) is 30.3 Å². The monoisotopic (exact) mass is 438 g/mol. The average Bonchev–Trinajstić information content (AvgIpc) is 3.05. The standard InChI is InChI=1S/C18H13BrCl2N2O2/c19-11-5-6-15(14(21)9-11)23-17(24)7-8-18-22-10-16(25-18)12-3-1-2-4-13(12)20/h1-6,9-10H,7-8H2,(H,23,24). The Morgan fingerprint density at radius 1 is 1.16 bits per heavy atom. The summed E-state index contributed by atoms with van der Waals surface area (Å²) in [5.41, 5.74) is 1.34. The summed E-state index contributed by atoms with van der Waals surface area (Å²) >= 11 is 15.6. The van der Waals surface area contributed by atoms with Gasteiger partial charge in [0.2, 0.25) is 5.91 Å². The number of halogens is 3. The first-order valence-corrected chi connectivity index (χ1v) is 9.02. The molecular formula is C18H13BrCl2N2O2. The molecule has 0 aliphatic heterocycles. The predicted octanol–water partition coefficient (Wildman–Crippen LogP) is 5.98. The lowest BCUT2D eigenvalue weighted by Gasteiger charge is -2.06. The largest absolute Gasteiger partial charge is 0.441 e. The second-order valence-corrected chi connectivity index (χ2v) is 7.00. The highest BCUT2D eigenvalue weighted by Gasteiger charge is 2.12. The van der Waals surface area contributed by atoms with Crippen molar-refractivity contribution in [1.29, 1.82) is 0 Å². The van der Waals surface area contributed by atoms with Crippen LogP contribution >= 0.6 is 39.1 Å². The highest BCUT2D eigenvalue weighted by molar-refractivity contribution is 9.10. The molecule has 1 N–H and O–H groups in total. The van der Waals surface area contributed by atoms with Crippen LogP contribution in [0.15, 0.2) is 57.6 Å². The molecule has 0 spiro atoms. The zero-order valence-electron chi connectivity index (χ0n) is 12.9. The Bertz CT molecular complexity index is 912. The van der Waals surface area contributed by atoms with Gasteiger partial charge in [-0.1, -0.05) is 51.3 Å². The lowest BCUT2D eigenvalue weighted by atomic mass is 10.2. The molecule has 1 aromatic heterocycles. The van der Waals surface area contributed by atoms with Gasteiger partial charge in [-0.3, -0.25) is 4.79 Å². The molecule has 0 saturated heterocycles. The molecule has 1 heterocycles. The van der Waals surface area contributed by atoms with E-state index in [0.717, 1.165) is 10.0 Å². The van der Waals surface area contributed by atoms with Gasteiger partial charge >= 0.3 is 0 Å². The normalized spacial score (nSPS) is 10.7. The third-order valence-electron chi connectivity index (χ3n) is 3.46. The van der Waals surface area contributed by atoms with Crippen LogP contribution in [0.4, 0.5) is 5.69 Å². The number of hydrogen-bond acceptors (Lipinski definition) is 3. The van der Waals surface area contributed by atoms with E-state index in [4.69, 9.17) is 27.6 Å². The third-order valence-corrected chi connectivity index (χ3v) is 4.60. The van der Waals surface area contributed by atoms with E-state index in [1.807, 2.05) is 24.3 Å². The van der Waals surface area contributed by atoms with Crippen molar-refractivity contribution in [2.24, 2.45) is 0 Å². The summed E-state index contributed by atoms with van der Waals surface area (Å²) < 4.78 is 6.53. The quantitative estimate of drug-likeness (QED) is 0.531. The summed E-state index contributed by atoms with van der Waals surface area (Å²) in [6.07, 6.45) is 2.22. The van der Waals surface area contributed by atoms with Gasteiger partial charge in [0, 0.05) is 22.9 Å².